The van der Waals surface area contributed by atoms with E-state index in [1.165, 1.54) is 0 Å². The molecule has 4 nitrogen and oxygen atoms in total. The number of rotatable bonds is 4. The van der Waals surface area contributed by atoms with Crippen LogP contribution in [-0.2, 0) is 5.75 Å². The number of fused-ring (bicyclic) bond motifs is 1. The molecule has 22 heavy (non-hydrogen) atoms. The van der Waals surface area contributed by atoms with Crippen LogP contribution in [0.3, 0.4) is 0 Å². The maximum Gasteiger partial charge on any atom is 0.171 e. The topological polar surface area (TPSA) is 51.8 Å². The van der Waals surface area contributed by atoms with Gasteiger partial charge >= 0.3 is 0 Å². The first kappa shape index (κ1) is 13.5. The van der Waals surface area contributed by atoms with E-state index in [0.29, 0.717) is 0 Å². The quantitative estimate of drug-likeness (QED) is 0.512. The third-order valence-electron chi connectivity index (χ3n) is 3.11. The minimum Gasteiger partial charge on any atom is -0.356 e. The van der Waals surface area contributed by atoms with Gasteiger partial charge in [0, 0.05) is 23.6 Å². The van der Waals surface area contributed by atoms with Crippen LogP contribution in [0.25, 0.3) is 21.7 Å². The lowest BCUT2D eigenvalue weighted by molar-refractivity contribution is 0.426. The molecule has 0 saturated heterocycles. The molecule has 0 amide bonds. The first-order chi connectivity index (χ1) is 10.9. The second kappa shape index (κ2) is 5.90. The fourth-order valence-electron chi connectivity index (χ4n) is 2.06. The van der Waals surface area contributed by atoms with Crippen molar-refractivity contribution in [1.82, 2.24) is 15.1 Å². The molecule has 108 valence electrons. The highest BCUT2D eigenvalue weighted by atomic mass is 32.2. The largest absolute Gasteiger partial charge is 0.356 e. The molecule has 0 radical (unpaired) electrons. The van der Waals surface area contributed by atoms with Crippen LogP contribution in [0.1, 0.15) is 5.69 Å². The van der Waals surface area contributed by atoms with Gasteiger partial charge in [0.2, 0.25) is 0 Å². The predicted molar refractivity (Wildman–Crippen MR) is 88.9 cm³/mol. The molecule has 4 rings (SSSR count). The minimum atomic E-state index is 0.732. The number of pyridine rings is 1. The molecule has 0 unspecified atom stereocenters. The number of hydrogen-bond acceptors (Lipinski definition) is 6. The van der Waals surface area contributed by atoms with Crippen LogP contribution in [0.5, 0.6) is 0 Å². The van der Waals surface area contributed by atoms with Gasteiger partial charge in [-0.2, -0.15) is 0 Å². The molecule has 0 saturated carbocycles. The smallest absolute Gasteiger partial charge is 0.171 e. The first-order valence-corrected chi connectivity index (χ1v) is 8.54. The number of benzene rings is 1. The molecule has 0 fully saturated rings. The average molecular weight is 325 g/mol. The van der Waals surface area contributed by atoms with Crippen LogP contribution in [0, 0.1) is 0 Å². The van der Waals surface area contributed by atoms with E-state index >= 15 is 0 Å². The fraction of sp³-hybridized carbons (Fsp3) is 0.0625. The molecular formula is C16H11N3OS2. The molecular weight excluding hydrogens is 314 g/mol. The Kier molecular flexibility index (Phi) is 3.62. The Morgan fingerprint density at radius 1 is 1.09 bits per heavy atom. The Morgan fingerprint density at radius 2 is 2.00 bits per heavy atom. The Hall–Kier alpha value is -2.18. The number of thiazole rings is 1. The van der Waals surface area contributed by atoms with Gasteiger partial charge in [-0.1, -0.05) is 47.3 Å². The van der Waals surface area contributed by atoms with E-state index in [-0.39, 0.29) is 0 Å². The zero-order valence-corrected chi connectivity index (χ0v) is 13.1. The number of aromatic nitrogens is 3. The van der Waals surface area contributed by atoms with E-state index in [9.17, 15) is 0 Å². The Balaban J connectivity index is 1.49. The van der Waals surface area contributed by atoms with Gasteiger partial charge in [-0.25, -0.2) is 9.97 Å². The molecule has 4 aromatic rings. The normalized spacial score (nSPS) is 11.1. The van der Waals surface area contributed by atoms with Crippen molar-refractivity contribution in [1.29, 1.82) is 0 Å². The molecule has 0 aliphatic rings. The van der Waals surface area contributed by atoms with Crippen LogP contribution < -0.4 is 0 Å². The van der Waals surface area contributed by atoms with E-state index in [0.717, 1.165) is 37.5 Å². The fourth-order valence-corrected chi connectivity index (χ4v) is 3.96. The van der Waals surface area contributed by atoms with Crippen molar-refractivity contribution < 1.29 is 4.52 Å². The van der Waals surface area contributed by atoms with Gasteiger partial charge in [0.05, 0.1) is 10.4 Å². The van der Waals surface area contributed by atoms with Gasteiger partial charge in [0.25, 0.3) is 0 Å². The number of thioether (sulfide) groups is 1. The average Bonchev–Trinajstić information content (AvgIpc) is 3.20. The van der Waals surface area contributed by atoms with Gasteiger partial charge in [0.15, 0.2) is 15.7 Å². The summed E-state index contributed by atoms with van der Waals surface area (Å²) in [6, 6.07) is 15.9. The van der Waals surface area contributed by atoms with E-state index < -0.39 is 0 Å². The highest BCUT2D eigenvalue weighted by Crippen LogP contribution is 2.31. The Morgan fingerprint density at radius 3 is 2.86 bits per heavy atom. The molecule has 0 aliphatic heterocycles. The second-order valence-electron chi connectivity index (χ2n) is 4.64. The molecule has 3 aromatic heterocycles. The standard InChI is InChI=1S/C16H11N3OS2/c1-2-5-11(6-3-1)13-9-12(19-20-13)10-21-16-18-15-14(22-16)7-4-8-17-15/h1-9H,10H2. The molecule has 1 aromatic carbocycles. The summed E-state index contributed by atoms with van der Waals surface area (Å²) in [5.41, 5.74) is 2.76. The zero-order valence-electron chi connectivity index (χ0n) is 11.5. The molecule has 0 bridgehead atoms. The maximum absolute atomic E-state index is 5.41. The maximum atomic E-state index is 5.41. The van der Waals surface area contributed by atoms with Crippen molar-refractivity contribution in [3.63, 3.8) is 0 Å². The molecule has 6 heteroatoms. The summed E-state index contributed by atoms with van der Waals surface area (Å²) >= 11 is 3.30. The lowest BCUT2D eigenvalue weighted by atomic mass is 10.2. The molecule has 0 spiro atoms. The van der Waals surface area contributed by atoms with E-state index in [2.05, 4.69) is 15.1 Å². The lowest BCUT2D eigenvalue weighted by Gasteiger charge is -1.92. The summed E-state index contributed by atoms with van der Waals surface area (Å²) in [5.74, 6) is 1.53. The van der Waals surface area contributed by atoms with Crippen LogP contribution in [-0.4, -0.2) is 15.1 Å². The van der Waals surface area contributed by atoms with Crippen LogP contribution in [0.2, 0.25) is 0 Å². The Labute approximate surface area is 135 Å². The van der Waals surface area contributed by atoms with Crippen molar-refractivity contribution >= 4 is 33.4 Å². The second-order valence-corrected chi connectivity index (χ2v) is 6.90. The van der Waals surface area contributed by atoms with Crippen molar-refractivity contribution in [3.8, 4) is 11.3 Å². The van der Waals surface area contributed by atoms with Gasteiger partial charge in [-0.15, -0.1) is 11.3 Å². The molecule has 0 N–H and O–H groups in total. The summed E-state index contributed by atoms with van der Waals surface area (Å²) in [7, 11) is 0. The third-order valence-corrected chi connectivity index (χ3v) is 5.29. The van der Waals surface area contributed by atoms with E-state index in [4.69, 9.17) is 4.52 Å². The van der Waals surface area contributed by atoms with Crippen molar-refractivity contribution in [2.75, 3.05) is 0 Å². The highest BCUT2D eigenvalue weighted by Gasteiger charge is 2.09. The monoisotopic (exact) mass is 325 g/mol. The Bertz CT molecular complexity index is 869. The summed E-state index contributed by atoms with van der Waals surface area (Å²) < 4.78 is 7.51. The van der Waals surface area contributed by atoms with Crippen molar-refractivity contribution in [3.05, 3.63) is 60.4 Å². The summed E-state index contributed by atoms with van der Waals surface area (Å²) in [4.78, 5) is 8.76. The van der Waals surface area contributed by atoms with Gasteiger partial charge in [-0.3, -0.25) is 0 Å². The minimum absolute atomic E-state index is 0.732. The van der Waals surface area contributed by atoms with Crippen LogP contribution >= 0.6 is 23.1 Å². The molecule has 3 heterocycles. The van der Waals surface area contributed by atoms with E-state index in [1.54, 1.807) is 29.3 Å². The first-order valence-electron chi connectivity index (χ1n) is 6.74. The summed E-state index contributed by atoms with van der Waals surface area (Å²) in [6.45, 7) is 0. The van der Waals surface area contributed by atoms with E-state index in [1.807, 2.05) is 48.5 Å². The van der Waals surface area contributed by atoms with Crippen molar-refractivity contribution in [2.24, 2.45) is 0 Å². The SMILES string of the molecule is c1ccc(-c2cc(CSc3nc4ncccc4s3)no2)cc1. The molecule has 0 atom stereocenters. The van der Waals surface area contributed by atoms with Crippen molar-refractivity contribution in [2.45, 2.75) is 10.1 Å². The number of nitrogens with zero attached hydrogens (tertiary/aromatic N) is 3. The molecule has 0 aliphatic carbocycles. The zero-order chi connectivity index (χ0) is 14.8. The van der Waals surface area contributed by atoms with Crippen LogP contribution in [0.4, 0.5) is 0 Å². The summed E-state index contributed by atoms with van der Waals surface area (Å²) in [6.07, 6.45) is 1.76. The van der Waals surface area contributed by atoms with Gasteiger partial charge in [0.1, 0.15) is 0 Å². The predicted octanol–water partition coefficient (Wildman–Crippen LogP) is 4.64. The highest BCUT2D eigenvalue weighted by molar-refractivity contribution is 8.00. The van der Waals surface area contributed by atoms with Gasteiger partial charge in [-0.05, 0) is 12.1 Å². The summed E-state index contributed by atoms with van der Waals surface area (Å²) in [5, 5.41) is 4.13. The number of hydrogen-bond donors (Lipinski definition) is 0. The van der Waals surface area contributed by atoms with Crippen LogP contribution in [0.15, 0.2) is 63.6 Å². The lowest BCUT2D eigenvalue weighted by Crippen LogP contribution is -1.79. The van der Waals surface area contributed by atoms with Gasteiger partial charge < -0.3 is 4.52 Å². The third kappa shape index (κ3) is 2.75.